The summed E-state index contributed by atoms with van der Waals surface area (Å²) in [7, 11) is 0. The maximum atomic E-state index is 12.2. The Hall–Kier alpha value is -1.30. The third kappa shape index (κ3) is 7.68. The van der Waals surface area contributed by atoms with Crippen molar-refractivity contribution in [2.45, 2.75) is 84.5 Å². The summed E-state index contributed by atoms with van der Waals surface area (Å²) in [5, 5.41) is 6.29. The van der Waals surface area contributed by atoms with E-state index in [0.29, 0.717) is 13.1 Å². The lowest BCUT2D eigenvalue weighted by Gasteiger charge is -2.35. The van der Waals surface area contributed by atoms with E-state index in [1.54, 1.807) is 4.90 Å². The van der Waals surface area contributed by atoms with Crippen molar-refractivity contribution >= 4 is 12.0 Å². The van der Waals surface area contributed by atoms with Crippen molar-refractivity contribution in [1.82, 2.24) is 15.5 Å². The van der Waals surface area contributed by atoms with Crippen LogP contribution in [0.5, 0.6) is 0 Å². The third-order valence-corrected chi connectivity index (χ3v) is 3.45. The number of nitrogens with zero attached hydrogens (tertiary/aromatic N) is 1. The Bertz CT molecular complexity index is 422. The lowest BCUT2D eigenvalue weighted by atomic mass is 10.0. The molecule has 2 amide bonds. The van der Waals surface area contributed by atoms with Crippen LogP contribution in [0, 0.1) is 0 Å². The second-order valence-corrected chi connectivity index (χ2v) is 8.39. The van der Waals surface area contributed by atoms with Crippen molar-refractivity contribution in [3.8, 4) is 0 Å². The SMILES string of the molecule is CC(NC1CCCN(C(=O)OC(C)(C)C)C1)C(=O)NC(C)(C)C. The lowest BCUT2D eigenvalue weighted by Crippen LogP contribution is -2.56. The molecule has 0 radical (unpaired) electrons. The Labute approximate surface area is 140 Å². The molecule has 1 rings (SSSR count). The first-order valence-corrected chi connectivity index (χ1v) is 8.43. The first kappa shape index (κ1) is 19.7. The van der Waals surface area contributed by atoms with Crippen LogP contribution < -0.4 is 10.6 Å². The molecule has 0 aromatic carbocycles. The Morgan fingerprint density at radius 3 is 2.30 bits per heavy atom. The number of ether oxygens (including phenoxy) is 1. The monoisotopic (exact) mass is 327 g/mol. The molecule has 1 saturated heterocycles. The summed E-state index contributed by atoms with van der Waals surface area (Å²) in [6.07, 6.45) is 1.58. The maximum Gasteiger partial charge on any atom is 0.410 e. The Morgan fingerprint density at radius 1 is 1.17 bits per heavy atom. The van der Waals surface area contributed by atoms with E-state index in [1.807, 2.05) is 48.5 Å². The van der Waals surface area contributed by atoms with E-state index in [2.05, 4.69) is 10.6 Å². The number of likely N-dealkylation sites (tertiary alicyclic amines) is 1. The van der Waals surface area contributed by atoms with Crippen molar-refractivity contribution < 1.29 is 14.3 Å². The van der Waals surface area contributed by atoms with Gasteiger partial charge in [0, 0.05) is 24.7 Å². The molecule has 134 valence electrons. The maximum absolute atomic E-state index is 12.2. The molecular formula is C17H33N3O3. The molecule has 1 fully saturated rings. The summed E-state index contributed by atoms with van der Waals surface area (Å²) in [6, 6.07) is -0.185. The highest BCUT2D eigenvalue weighted by atomic mass is 16.6. The van der Waals surface area contributed by atoms with Crippen LogP contribution >= 0.6 is 0 Å². The minimum Gasteiger partial charge on any atom is -0.444 e. The van der Waals surface area contributed by atoms with Gasteiger partial charge in [0.05, 0.1) is 6.04 Å². The largest absolute Gasteiger partial charge is 0.444 e. The number of carbonyl (C=O) groups excluding carboxylic acids is 2. The van der Waals surface area contributed by atoms with Crippen LogP contribution in [-0.2, 0) is 9.53 Å². The summed E-state index contributed by atoms with van der Waals surface area (Å²) >= 11 is 0. The predicted molar refractivity (Wildman–Crippen MR) is 91.3 cm³/mol. The van der Waals surface area contributed by atoms with Gasteiger partial charge in [0.25, 0.3) is 0 Å². The fourth-order valence-electron chi connectivity index (χ4n) is 2.51. The molecule has 6 nitrogen and oxygen atoms in total. The van der Waals surface area contributed by atoms with E-state index in [4.69, 9.17) is 4.74 Å². The van der Waals surface area contributed by atoms with Gasteiger partial charge in [-0.15, -0.1) is 0 Å². The normalized spacial score (nSPS) is 20.8. The zero-order valence-electron chi connectivity index (χ0n) is 15.7. The van der Waals surface area contributed by atoms with Crippen molar-refractivity contribution in [2.24, 2.45) is 0 Å². The van der Waals surface area contributed by atoms with Crippen LogP contribution in [0.3, 0.4) is 0 Å². The van der Waals surface area contributed by atoms with Gasteiger partial charge in [-0.1, -0.05) is 0 Å². The van der Waals surface area contributed by atoms with Gasteiger partial charge in [-0.25, -0.2) is 4.79 Å². The number of hydrogen-bond acceptors (Lipinski definition) is 4. The first-order valence-electron chi connectivity index (χ1n) is 8.43. The smallest absolute Gasteiger partial charge is 0.410 e. The van der Waals surface area contributed by atoms with E-state index in [9.17, 15) is 9.59 Å². The molecule has 0 spiro atoms. The fraction of sp³-hybridized carbons (Fsp3) is 0.882. The standard InChI is InChI=1S/C17H33N3O3/c1-12(14(21)19-16(2,3)4)18-13-9-8-10-20(11-13)15(22)23-17(5,6)7/h12-13,18H,8-11H2,1-7H3,(H,19,21). The molecule has 2 atom stereocenters. The van der Waals surface area contributed by atoms with E-state index in [-0.39, 0.29) is 29.6 Å². The van der Waals surface area contributed by atoms with Crippen molar-refractivity contribution in [1.29, 1.82) is 0 Å². The van der Waals surface area contributed by atoms with Gasteiger partial charge >= 0.3 is 6.09 Å². The summed E-state index contributed by atoms with van der Waals surface area (Å²) < 4.78 is 5.42. The molecular weight excluding hydrogens is 294 g/mol. The second kappa shape index (κ2) is 7.51. The highest BCUT2D eigenvalue weighted by Crippen LogP contribution is 2.16. The van der Waals surface area contributed by atoms with Crippen LogP contribution in [0.1, 0.15) is 61.3 Å². The average Bonchev–Trinajstić information content (AvgIpc) is 2.35. The van der Waals surface area contributed by atoms with Gasteiger partial charge in [0.1, 0.15) is 5.60 Å². The molecule has 1 heterocycles. The molecule has 0 saturated carbocycles. The van der Waals surface area contributed by atoms with Gasteiger partial charge < -0.3 is 20.3 Å². The summed E-state index contributed by atoms with van der Waals surface area (Å²) in [6.45, 7) is 14.6. The molecule has 0 aromatic heterocycles. The van der Waals surface area contributed by atoms with Crippen LogP contribution in [0.4, 0.5) is 4.79 Å². The Balaban J connectivity index is 2.52. The summed E-state index contributed by atoms with van der Waals surface area (Å²) in [4.78, 5) is 26.0. The minimum atomic E-state index is -0.489. The zero-order chi connectivity index (χ0) is 17.8. The summed E-state index contributed by atoms with van der Waals surface area (Å²) in [5.74, 6) is -0.0214. The molecule has 2 N–H and O–H groups in total. The summed E-state index contributed by atoms with van der Waals surface area (Å²) in [5.41, 5.74) is -0.737. The van der Waals surface area contributed by atoms with Crippen molar-refractivity contribution in [3.05, 3.63) is 0 Å². The third-order valence-electron chi connectivity index (χ3n) is 3.45. The Morgan fingerprint density at radius 2 is 1.78 bits per heavy atom. The van der Waals surface area contributed by atoms with Crippen LogP contribution in [0.2, 0.25) is 0 Å². The van der Waals surface area contributed by atoms with Crippen LogP contribution in [-0.4, -0.2) is 53.2 Å². The lowest BCUT2D eigenvalue weighted by molar-refractivity contribution is -0.124. The first-order chi connectivity index (χ1) is 10.4. The topological polar surface area (TPSA) is 70.7 Å². The molecule has 0 aromatic rings. The van der Waals surface area contributed by atoms with E-state index >= 15 is 0 Å². The Kier molecular flexibility index (Phi) is 6.45. The number of nitrogens with one attached hydrogen (secondary N) is 2. The quantitative estimate of drug-likeness (QED) is 0.834. The van der Waals surface area contributed by atoms with Gasteiger partial charge in [-0.05, 0) is 61.3 Å². The number of hydrogen-bond donors (Lipinski definition) is 2. The molecule has 0 aliphatic carbocycles. The molecule has 0 bridgehead atoms. The predicted octanol–water partition coefficient (Wildman–Crippen LogP) is 2.28. The van der Waals surface area contributed by atoms with Gasteiger partial charge in [-0.3, -0.25) is 4.79 Å². The average molecular weight is 327 g/mol. The molecule has 1 aliphatic rings. The van der Waals surface area contributed by atoms with E-state index in [0.717, 1.165) is 12.8 Å². The van der Waals surface area contributed by atoms with Crippen molar-refractivity contribution in [2.75, 3.05) is 13.1 Å². The highest BCUT2D eigenvalue weighted by molar-refractivity contribution is 5.82. The van der Waals surface area contributed by atoms with Crippen molar-refractivity contribution in [3.63, 3.8) is 0 Å². The molecule has 6 heteroatoms. The number of amides is 2. The molecule has 1 aliphatic heterocycles. The number of rotatable bonds is 3. The molecule has 2 unspecified atom stereocenters. The second-order valence-electron chi connectivity index (χ2n) is 8.39. The van der Waals surface area contributed by atoms with E-state index < -0.39 is 5.60 Å². The number of carbonyl (C=O) groups is 2. The van der Waals surface area contributed by atoms with Gasteiger partial charge in [-0.2, -0.15) is 0 Å². The number of piperidine rings is 1. The fourth-order valence-corrected chi connectivity index (χ4v) is 2.51. The van der Waals surface area contributed by atoms with Gasteiger partial charge in [0.2, 0.25) is 5.91 Å². The van der Waals surface area contributed by atoms with Gasteiger partial charge in [0.15, 0.2) is 0 Å². The van der Waals surface area contributed by atoms with Crippen LogP contribution in [0.25, 0.3) is 0 Å². The highest BCUT2D eigenvalue weighted by Gasteiger charge is 2.29. The van der Waals surface area contributed by atoms with E-state index in [1.165, 1.54) is 0 Å². The van der Waals surface area contributed by atoms with Crippen LogP contribution in [0.15, 0.2) is 0 Å². The molecule has 23 heavy (non-hydrogen) atoms. The minimum absolute atomic E-state index is 0.0214. The zero-order valence-corrected chi connectivity index (χ0v) is 15.7.